The molecule has 0 bridgehead atoms. The van der Waals surface area contributed by atoms with Gasteiger partial charge >= 0.3 is 0 Å². The molecule has 2 aromatic rings. The molecule has 1 atom stereocenters. The highest BCUT2D eigenvalue weighted by molar-refractivity contribution is 6.08. The third kappa shape index (κ3) is 5.82. The lowest BCUT2D eigenvalue weighted by molar-refractivity contribution is 0.0526. The number of piperidine rings is 1. The molecule has 2 saturated carbocycles. The molecule has 1 aromatic heterocycles. The van der Waals surface area contributed by atoms with Gasteiger partial charge in [-0.05, 0) is 76.0 Å². The van der Waals surface area contributed by atoms with Crippen LogP contribution in [-0.4, -0.2) is 72.0 Å². The lowest BCUT2D eigenvalue weighted by atomic mass is 9.93. The molecule has 3 N–H and O–H groups in total. The molecule has 2 saturated heterocycles. The molecular formula is C30H38N6O3. The number of hydrogen-bond donors (Lipinski definition) is 3. The molecule has 3 heterocycles. The molecule has 9 heteroatoms. The largest absolute Gasteiger partial charge is 0.384 e. The van der Waals surface area contributed by atoms with E-state index >= 15 is 0 Å². The van der Waals surface area contributed by atoms with E-state index in [-0.39, 0.29) is 24.2 Å². The average Bonchev–Trinajstić information content (AvgIpc) is 3.86. The first kappa shape index (κ1) is 25.9. The van der Waals surface area contributed by atoms with E-state index in [4.69, 9.17) is 14.8 Å². The lowest BCUT2D eigenvalue weighted by Crippen LogP contribution is -2.42. The monoisotopic (exact) mass is 530 g/mol. The van der Waals surface area contributed by atoms with Crippen molar-refractivity contribution in [3.63, 3.8) is 0 Å². The van der Waals surface area contributed by atoms with Crippen molar-refractivity contribution >= 4 is 29.0 Å². The van der Waals surface area contributed by atoms with Crippen molar-refractivity contribution in [1.29, 1.82) is 0 Å². The Balaban J connectivity index is 1.25. The normalized spacial score (nSPS) is 22.6. The maximum Gasteiger partial charge on any atom is 0.258 e. The van der Waals surface area contributed by atoms with E-state index < -0.39 is 0 Å². The average molecular weight is 531 g/mol. The number of anilines is 4. The maximum atomic E-state index is 13.7. The number of carbonyl (C=O) groups is 1. The number of ether oxygens (including phenoxy) is 1. The van der Waals surface area contributed by atoms with Gasteiger partial charge in [0.25, 0.3) is 5.91 Å². The van der Waals surface area contributed by atoms with Crippen molar-refractivity contribution in [3.05, 3.63) is 35.5 Å². The number of aromatic nitrogens is 2. The number of aryl methyl sites for hydroxylation is 1. The van der Waals surface area contributed by atoms with E-state index in [1.165, 1.54) is 25.7 Å². The van der Waals surface area contributed by atoms with E-state index in [1.807, 2.05) is 32.0 Å². The van der Waals surface area contributed by atoms with Gasteiger partial charge in [0.05, 0.1) is 29.5 Å². The fourth-order valence-corrected chi connectivity index (χ4v) is 5.80. The van der Waals surface area contributed by atoms with Crippen LogP contribution in [0.1, 0.15) is 61.5 Å². The standard InChI is InChI=1S/C30H38N6O3/c1-21-18-26(33-28(31-21)36-15-17-39-22(2)20-36)32-27(38)24-5-4-23(34-30(9-10-30)6-3-16-37)19-25(24)35-13-11-29(7-8-29)12-14-35/h4-5,18-19,22,34,37H,7-17,20H2,1-2H3,(H,31,32,33,38)/t22-/m1/s1. The Morgan fingerprint density at radius 2 is 1.90 bits per heavy atom. The molecule has 4 fully saturated rings. The highest BCUT2D eigenvalue weighted by Gasteiger charge is 2.45. The van der Waals surface area contributed by atoms with Crippen LogP contribution in [0.15, 0.2) is 24.3 Å². The fourth-order valence-electron chi connectivity index (χ4n) is 5.80. The quantitative estimate of drug-likeness (QED) is 0.487. The molecule has 1 spiro atoms. The number of rotatable bonds is 6. The number of aliphatic hydroxyl groups is 1. The lowest BCUT2D eigenvalue weighted by Gasteiger charge is -2.35. The van der Waals surface area contributed by atoms with E-state index in [2.05, 4.69) is 43.3 Å². The van der Waals surface area contributed by atoms with E-state index in [1.54, 1.807) is 0 Å². The van der Waals surface area contributed by atoms with Crippen molar-refractivity contribution < 1.29 is 14.6 Å². The molecule has 39 heavy (non-hydrogen) atoms. The zero-order valence-electron chi connectivity index (χ0n) is 22.9. The molecule has 2 aliphatic heterocycles. The first-order valence-corrected chi connectivity index (χ1v) is 14.2. The first-order valence-electron chi connectivity index (χ1n) is 14.2. The van der Waals surface area contributed by atoms with Crippen molar-refractivity contribution in [2.75, 3.05) is 59.8 Å². The predicted octanol–water partition coefficient (Wildman–Crippen LogP) is 3.58. The summed E-state index contributed by atoms with van der Waals surface area (Å²) in [6.07, 6.45) is 7.01. The summed E-state index contributed by atoms with van der Waals surface area (Å²) in [4.78, 5) is 27.5. The van der Waals surface area contributed by atoms with Gasteiger partial charge in [-0.1, -0.05) is 11.8 Å². The van der Waals surface area contributed by atoms with E-state index in [9.17, 15) is 4.79 Å². The number of morpholine rings is 1. The van der Waals surface area contributed by atoms with E-state index in [0.29, 0.717) is 29.4 Å². The van der Waals surface area contributed by atoms with Gasteiger partial charge in [0.1, 0.15) is 12.4 Å². The summed E-state index contributed by atoms with van der Waals surface area (Å²) >= 11 is 0. The Kier molecular flexibility index (Phi) is 6.86. The summed E-state index contributed by atoms with van der Waals surface area (Å²) in [5.41, 5.74) is 3.58. The molecule has 206 valence electrons. The smallest absolute Gasteiger partial charge is 0.258 e. The molecule has 1 aromatic carbocycles. The SMILES string of the molecule is Cc1cc(NC(=O)c2ccc(NC3(C#CCO)CC3)cc2N2CCC3(CC2)CC3)nc(N2CCO[C@H](C)C2)n1. The van der Waals surface area contributed by atoms with Crippen molar-refractivity contribution in [2.45, 2.75) is 64.0 Å². The second-order valence-electron chi connectivity index (χ2n) is 11.7. The van der Waals surface area contributed by atoms with Gasteiger partial charge in [-0.25, -0.2) is 4.98 Å². The summed E-state index contributed by atoms with van der Waals surface area (Å²) in [7, 11) is 0. The number of carbonyl (C=O) groups excluding carboxylic acids is 1. The van der Waals surface area contributed by atoms with Gasteiger partial charge < -0.3 is 30.3 Å². The minimum Gasteiger partial charge on any atom is -0.384 e. The number of benzene rings is 1. The predicted molar refractivity (Wildman–Crippen MR) is 152 cm³/mol. The Labute approximate surface area is 230 Å². The van der Waals surface area contributed by atoms with Gasteiger partial charge in [-0.15, -0.1) is 0 Å². The molecular weight excluding hydrogens is 492 g/mol. The second-order valence-corrected chi connectivity index (χ2v) is 11.7. The number of nitrogens with zero attached hydrogens (tertiary/aromatic N) is 4. The van der Waals surface area contributed by atoms with Crippen LogP contribution in [-0.2, 0) is 4.74 Å². The minimum atomic E-state index is -0.282. The molecule has 0 radical (unpaired) electrons. The van der Waals surface area contributed by atoms with Crippen LogP contribution < -0.4 is 20.4 Å². The van der Waals surface area contributed by atoms with Gasteiger partial charge in [0.2, 0.25) is 5.95 Å². The highest BCUT2D eigenvalue weighted by Crippen LogP contribution is 2.54. The summed E-state index contributed by atoms with van der Waals surface area (Å²) in [6, 6.07) is 7.77. The molecule has 1 amide bonds. The Morgan fingerprint density at radius 3 is 2.59 bits per heavy atom. The number of aliphatic hydroxyl groups excluding tert-OH is 1. The third-order valence-electron chi connectivity index (χ3n) is 8.51. The summed E-state index contributed by atoms with van der Waals surface area (Å²) in [6.45, 7) is 7.80. The van der Waals surface area contributed by atoms with Gasteiger partial charge in [0, 0.05) is 43.6 Å². The zero-order valence-corrected chi connectivity index (χ0v) is 22.9. The molecule has 9 nitrogen and oxygen atoms in total. The van der Waals surface area contributed by atoms with Crippen LogP contribution >= 0.6 is 0 Å². The van der Waals surface area contributed by atoms with Crippen LogP contribution in [0.25, 0.3) is 0 Å². The number of amides is 1. The van der Waals surface area contributed by atoms with Crippen LogP contribution in [0.3, 0.4) is 0 Å². The molecule has 2 aliphatic carbocycles. The molecule has 0 unspecified atom stereocenters. The first-order chi connectivity index (χ1) is 18.9. The van der Waals surface area contributed by atoms with Gasteiger partial charge in [-0.3, -0.25) is 4.79 Å². The van der Waals surface area contributed by atoms with Crippen LogP contribution in [0.2, 0.25) is 0 Å². The van der Waals surface area contributed by atoms with Gasteiger partial charge in [0.15, 0.2) is 0 Å². The van der Waals surface area contributed by atoms with Crippen LogP contribution in [0.4, 0.5) is 23.1 Å². The van der Waals surface area contributed by atoms with E-state index in [0.717, 1.165) is 56.1 Å². The highest BCUT2D eigenvalue weighted by atomic mass is 16.5. The zero-order chi connectivity index (χ0) is 27.0. The van der Waals surface area contributed by atoms with Crippen LogP contribution in [0, 0.1) is 24.2 Å². The topological polar surface area (TPSA) is 103 Å². The number of hydrogen-bond acceptors (Lipinski definition) is 8. The van der Waals surface area contributed by atoms with Crippen LogP contribution in [0.5, 0.6) is 0 Å². The minimum absolute atomic E-state index is 0.110. The maximum absolute atomic E-state index is 13.7. The Bertz CT molecular complexity index is 1300. The van der Waals surface area contributed by atoms with Gasteiger partial charge in [-0.2, -0.15) is 4.98 Å². The van der Waals surface area contributed by atoms with Crippen molar-refractivity contribution in [1.82, 2.24) is 9.97 Å². The fraction of sp³-hybridized carbons (Fsp3) is 0.567. The molecule has 4 aliphatic rings. The summed E-state index contributed by atoms with van der Waals surface area (Å²) in [5.74, 6) is 6.91. The third-order valence-corrected chi connectivity index (χ3v) is 8.51. The number of nitrogens with one attached hydrogen (secondary N) is 2. The summed E-state index contributed by atoms with van der Waals surface area (Å²) in [5, 5.41) is 15.8. The van der Waals surface area contributed by atoms with Crippen molar-refractivity contribution in [2.24, 2.45) is 5.41 Å². The Morgan fingerprint density at radius 1 is 1.10 bits per heavy atom. The second kappa shape index (κ2) is 10.3. The van der Waals surface area contributed by atoms with Crippen molar-refractivity contribution in [3.8, 4) is 11.8 Å². The molecule has 6 rings (SSSR count). The Hall–Kier alpha value is -3.35. The summed E-state index contributed by atoms with van der Waals surface area (Å²) < 4.78 is 5.67.